The molecule has 1 saturated carbocycles. The number of methoxy groups -OCH3 is 2. The maximum atomic E-state index is 15.5. The smallest absolute Gasteiger partial charge is 0.246 e. The molecule has 11 heteroatoms. The molecule has 8 rings (SSSR count). The van der Waals surface area contributed by atoms with E-state index in [4.69, 9.17) is 32.7 Å². The van der Waals surface area contributed by atoms with Crippen LogP contribution in [0, 0.1) is 30.6 Å². The van der Waals surface area contributed by atoms with Crippen molar-refractivity contribution in [2.45, 2.75) is 31.1 Å². The van der Waals surface area contributed by atoms with Gasteiger partial charge in [-0.15, -0.1) is 0 Å². The van der Waals surface area contributed by atoms with E-state index in [1.54, 1.807) is 42.5 Å². The molecule has 4 aromatic rings. The first kappa shape index (κ1) is 34.0. The van der Waals surface area contributed by atoms with Crippen LogP contribution in [-0.4, -0.2) is 43.0 Å². The highest BCUT2D eigenvalue weighted by Gasteiger charge is 2.71. The summed E-state index contributed by atoms with van der Waals surface area (Å²) < 4.78 is 11.8. The van der Waals surface area contributed by atoms with Gasteiger partial charge in [0.2, 0.25) is 23.6 Å². The van der Waals surface area contributed by atoms with Gasteiger partial charge in [-0.05, 0) is 67.1 Å². The van der Waals surface area contributed by atoms with Gasteiger partial charge in [-0.1, -0.05) is 77.3 Å². The van der Waals surface area contributed by atoms with Gasteiger partial charge in [-0.2, -0.15) is 0 Å². The number of aryl methyl sites for hydroxylation is 1. The van der Waals surface area contributed by atoms with Crippen molar-refractivity contribution in [2.24, 2.45) is 23.7 Å². The SMILES string of the molecule is COc1cc(O)cc(OC)c1C1C2=CCC3C(=O)N(c4ccc(C)c(Cl)c4)C(=O)C3C2CC2C(=O)N(c3cccc(Cl)c3)C(=O)C21c1ccccc1. The zero-order valence-corrected chi connectivity index (χ0v) is 30.0. The highest BCUT2D eigenvalue weighted by molar-refractivity contribution is 6.33. The molecule has 6 unspecified atom stereocenters. The van der Waals surface area contributed by atoms with E-state index in [-0.39, 0.29) is 41.9 Å². The fraction of sp³-hybridized carbons (Fsp3) is 0.268. The molecule has 2 saturated heterocycles. The number of benzene rings is 4. The molecule has 264 valence electrons. The number of anilines is 2. The Hall–Kier alpha value is -5.12. The predicted octanol–water partition coefficient (Wildman–Crippen LogP) is 7.39. The van der Waals surface area contributed by atoms with Crippen molar-refractivity contribution in [3.8, 4) is 17.2 Å². The molecule has 4 aliphatic rings. The van der Waals surface area contributed by atoms with E-state index in [9.17, 15) is 14.7 Å². The number of aromatic hydroxyl groups is 1. The Morgan fingerprint density at radius 3 is 2.12 bits per heavy atom. The third kappa shape index (κ3) is 4.75. The number of allylic oxidation sites excluding steroid dienone is 2. The lowest BCUT2D eigenvalue weighted by Gasteiger charge is -2.51. The first-order chi connectivity index (χ1) is 25.0. The Kier molecular flexibility index (Phi) is 8.19. The molecule has 4 amide bonds. The van der Waals surface area contributed by atoms with E-state index >= 15 is 9.59 Å². The molecule has 0 radical (unpaired) electrons. The Labute approximate surface area is 310 Å². The average Bonchev–Trinajstić information content (AvgIpc) is 3.53. The molecule has 0 spiro atoms. The Bertz CT molecular complexity index is 2200. The van der Waals surface area contributed by atoms with Crippen molar-refractivity contribution < 1.29 is 33.8 Å². The number of fused-ring (bicyclic) bond motifs is 4. The highest BCUT2D eigenvalue weighted by atomic mass is 35.5. The van der Waals surface area contributed by atoms with Crippen LogP contribution in [0.5, 0.6) is 17.2 Å². The molecule has 2 aliphatic heterocycles. The van der Waals surface area contributed by atoms with Gasteiger partial charge in [0.25, 0.3) is 0 Å². The van der Waals surface area contributed by atoms with Crippen LogP contribution < -0.4 is 19.3 Å². The van der Waals surface area contributed by atoms with Crippen molar-refractivity contribution in [3.63, 3.8) is 0 Å². The second-order valence-electron chi connectivity index (χ2n) is 13.8. The third-order valence-electron chi connectivity index (χ3n) is 11.4. The summed E-state index contributed by atoms with van der Waals surface area (Å²) in [6, 6.07) is 23.8. The lowest BCUT2D eigenvalue weighted by Crippen LogP contribution is -2.53. The third-order valence-corrected chi connectivity index (χ3v) is 12.0. The molecule has 2 heterocycles. The van der Waals surface area contributed by atoms with Crippen molar-refractivity contribution in [3.05, 3.63) is 123 Å². The minimum atomic E-state index is -1.55. The molecule has 52 heavy (non-hydrogen) atoms. The molecular weight excluding hydrogens is 703 g/mol. The fourth-order valence-corrected chi connectivity index (χ4v) is 9.60. The summed E-state index contributed by atoms with van der Waals surface area (Å²) in [5, 5.41) is 11.5. The van der Waals surface area contributed by atoms with Gasteiger partial charge in [0, 0.05) is 33.7 Å². The summed E-state index contributed by atoms with van der Waals surface area (Å²) in [6.45, 7) is 1.84. The van der Waals surface area contributed by atoms with Gasteiger partial charge in [0.1, 0.15) is 17.2 Å². The number of phenols is 1. The summed E-state index contributed by atoms with van der Waals surface area (Å²) in [5.41, 5.74) is 1.72. The van der Waals surface area contributed by atoms with E-state index in [0.29, 0.717) is 32.5 Å². The number of phenolic OH excluding ortho intramolecular Hbond substituents is 1. The molecule has 0 bridgehead atoms. The maximum absolute atomic E-state index is 15.5. The van der Waals surface area contributed by atoms with Crippen LogP contribution >= 0.6 is 23.2 Å². The zero-order valence-electron chi connectivity index (χ0n) is 28.5. The summed E-state index contributed by atoms with van der Waals surface area (Å²) in [4.78, 5) is 61.7. The number of carbonyl (C=O) groups excluding carboxylic acids is 4. The Morgan fingerprint density at radius 2 is 1.46 bits per heavy atom. The number of carbonyl (C=O) groups is 4. The number of hydrogen-bond donors (Lipinski definition) is 1. The molecule has 6 atom stereocenters. The number of nitrogens with zero attached hydrogens (tertiary/aromatic N) is 2. The average molecular weight is 738 g/mol. The molecule has 0 aromatic heterocycles. The fourth-order valence-electron chi connectivity index (χ4n) is 9.24. The van der Waals surface area contributed by atoms with Gasteiger partial charge < -0.3 is 14.6 Å². The summed E-state index contributed by atoms with van der Waals surface area (Å²) >= 11 is 12.9. The second-order valence-corrected chi connectivity index (χ2v) is 14.6. The molecular formula is C41H34Cl2N2O7. The van der Waals surface area contributed by atoms with Crippen LogP contribution in [0.4, 0.5) is 11.4 Å². The minimum Gasteiger partial charge on any atom is -0.508 e. The van der Waals surface area contributed by atoms with Gasteiger partial charge in [-0.3, -0.25) is 19.2 Å². The van der Waals surface area contributed by atoms with E-state index < -0.39 is 46.8 Å². The lowest BCUT2D eigenvalue weighted by molar-refractivity contribution is -0.127. The number of hydrogen-bond acceptors (Lipinski definition) is 7. The van der Waals surface area contributed by atoms with Crippen molar-refractivity contribution in [1.82, 2.24) is 0 Å². The molecule has 1 N–H and O–H groups in total. The molecule has 4 aromatic carbocycles. The largest absolute Gasteiger partial charge is 0.508 e. The van der Waals surface area contributed by atoms with E-state index in [2.05, 4.69) is 0 Å². The summed E-state index contributed by atoms with van der Waals surface area (Å²) in [7, 11) is 2.92. The summed E-state index contributed by atoms with van der Waals surface area (Å²) in [5.74, 6) is -5.30. The monoisotopic (exact) mass is 736 g/mol. The van der Waals surface area contributed by atoms with Crippen LogP contribution in [0.25, 0.3) is 0 Å². The number of ether oxygens (including phenoxy) is 2. The van der Waals surface area contributed by atoms with Crippen LogP contribution in [0.3, 0.4) is 0 Å². The van der Waals surface area contributed by atoms with Crippen LogP contribution in [-0.2, 0) is 24.6 Å². The van der Waals surface area contributed by atoms with Gasteiger partial charge in [-0.25, -0.2) is 9.80 Å². The normalized spacial score (nSPS) is 26.6. The van der Waals surface area contributed by atoms with Crippen LogP contribution in [0.2, 0.25) is 10.0 Å². The summed E-state index contributed by atoms with van der Waals surface area (Å²) in [6.07, 6.45) is 2.30. The van der Waals surface area contributed by atoms with Gasteiger partial charge >= 0.3 is 0 Å². The Morgan fingerprint density at radius 1 is 0.769 bits per heavy atom. The maximum Gasteiger partial charge on any atom is 0.246 e. The highest BCUT2D eigenvalue weighted by Crippen LogP contribution is 2.66. The number of halogens is 2. The number of rotatable bonds is 6. The number of imide groups is 2. The topological polar surface area (TPSA) is 113 Å². The molecule has 3 fully saturated rings. The first-order valence-corrected chi connectivity index (χ1v) is 17.8. The van der Waals surface area contributed by atoms with E-state index in [1.165, 1.54) is 36.2 Å². The number of amides is 4. The van der Waals surface area contributed by atoms with Crippen molar-refractivity contribution in [1.29, 1.82) is 0 Å². The van der Waals surface area contributed by atoms with Crippen molar-refractivity contribution >= 4 is 58.2 Å². The van der Waals surface area contributed by atoms with Gasteiger partial charge in [0.05, 0.1) is 48.8 Å². The van der Waals surface area contributed by atoms with E-state index in [0.717, 1.165) is 11.1 Å². The quantitative estimate of drug-likeness (QED) is 0.162. The van der Waals surface area contributed by atoms with E-state index in [1.807, 2.05) is 43.3 Å². The Balaban J connectivity index is 1.39. The standard InChI is InChI=1S/C41H34Cl2N2O7/c1-21-12-13-25(17-31(21)43)44-37(47)28-15-14-27-29(34(28)39(44)49)20-30-38(48)45(24-11-7-10-23(42)16-24)40(50)41(30,22-8-5-4-6-9-22)36(27)35-32(51-2)18-26(46)19-33(35)52-3/h4-14,16-19,28-30,34,36,46H,15,20H2,1-3H3. The zero-order chi connectivity index (χ0) is 36.6. The molecule has 2 aliphatic carbocycles. The van der Waals surface area contributed by atoms with Crippen molar-refractivity contribution in [2.75, 3.05) is 24.0 Å². The van der Waals surface area contributed by atoms with Crippen LogP contribution in [0.15, 0.2) is 96.6 Å². The second kappa shape index (κ2) is 12.5. The lowest BCUT2D eigenvalue weighted by atomic mass is 9.49. The molecule has 9 nitrogen and oxygen atoms in total. The van der Waals surface area contributed by atoms with Crippen LogP contribution in [0.1, 0.15) is 35.4 Å². The van der Waals surface area contributed by atoms with Gasteiger partial charge in [0.15, 0.2) is 0 Å². The predicted molar refractivity (Wildman–Crippen MR) is 196 cm³/mol. The minimum absolute atomic E-state index is 0.115. The first-order valence-electron chi connectivity index (χ1n) is 17.0.